The van der Waals surface area contributed by atoms with Crippen molar-refractivity contribution in [3.8, 4) is 90.8 Å². The molecule has 8 aromatic carbocycles. The molecule has 24 aromatic rings. The van der Waals surface area contributed by atoms with Gasteiger partial charge < -0.3 is 43.4 Å². The first-order valence-corrected chi connectivity index (χ1v) is 48.8. The van der Waals surface area contributed by atoms with Gasteiger partial charge in [0, 0.05) is 39.3 Å². The van der Waals surface area contributed by atoms with E-state index in [1.807, 2.05) is 130 Å². The highest BCUT2D eigenvalue weighted by atomic mass is 35.5. The SMILES string of the molecule is Cc1cc2c(=O)n(-c3ccccc3C)c(Cn3nc(-c4cccc(O)c4)c4c(N)ncnc43)nc2s1.Cc1ccccc1-n1c(Cn2nc(-c3cc(O)cc(F)c3)c3c(N)ncnc32)nc2scc(C)c2c1=O.Cc1csc2nc(Cn3nc(-c4cc(O)cc(F)c4)c4c(N)ncnc43)n(-c3ccccc3Cl)c(=O)c12.Cc1csc2nc(Cn3nc(-c4cccc(O)c4)c4c(N)ncnc43)n(-c3ccccc3Cl)c(=O)c12. The number of benzene rings is 8. The Morgan fingerprint density at radius 3 is 0.945 bits per heavy atom. The molecule has 0 aliphatic carbocycles. The Morgan fingerprint density at radius 1 is 0.315 bits per heavy atom. The highest BCUT2D eigenvalue weighted by Crippen LogP contribution is 2.41. The number of thiophene rings is 4. The Morgan fingerprint density at radius 2 is 0.616 bits per heavy atom. The Bertz CT molecular complexity index is 9270. The minimum atomic E-state index is -0.638. The number of para-hydroxylation sites is 4. The van der Waals surface area contributed by atoms with Gasteiger partial charge >= 0.3 is 0 Å². The average molecular weight is 2060 g/mol. The van der Waals surface area contributed by atoms with Crippen molar-refractivity contribution in [1.29, 1.82) is 0 Å². The molecule has 0 saturated heterocycles. The highest BCUT2D eigenvalue weighted by Gasteiger charge is 2.30. The van der Waals surface area contributed by atoms with Crippen LogP contribution in [-0.4, -0.2) is 138 Å². The molecule has 12 N–H and O–H groups in total. The molecule has 36 nitrogen and oxygen atoms in total. The predicted molar refractivity (Wildman–Crippen MR) is 563 cm³/mol. The standard InChI is InChI=1S/C26H20FN7O2S.C26H21N7O2S.C25H17ClFN7O2S.C25H18ClN7O2S/c1-13-5-3-4-6-18(13)34-19(31-25-20(26(34)36)14(2)11-37-25)10-33-24-21(23(28)29-12-30-24)22(32-33)15-7-16(27)9-17(35)8-15;1-14-6-3-4-9-19(14)33-20(30-25-18(26(33)35)10-15(2)36-25)12-32-24-21(23(27)28-13-29-24)22(31-32)16-7-5-8-17(34)11-16;1-12-10-37-24-19(12)25(36)34(17-5-3-2-4-16(17)26)18(31-24)9-33-23-20(22(28)29-11-30-23)21(32-33)13-6-14(27)8-15(35)7-13;1-13-11-36-24-19(13)25(35)33(17-8-3-2-7-16(17)26)18(30-24)10-32-23-20(22(27)28-12-29-23)21(31-32)14-5-4-6-15(34)9-14/h3-9,11-12,35H,10H2,1-2H3,(H2,28,29,30);3-11,13,34H,12H2,1-2H3,(H2,27,28,29);2-8,10-11,35H,9H2,1H3,(H2,28,29,30);2-9,11-12,34H,10H2,1H3,(H2,27,28,29). The normalized spacial score (nSPS) is 11.5. The van der Waals surface area contributed by atoms with Crippen LogP contribution in [0.15, 0.2) is 249 Å². The van der Waals surface area contributed by atoms with Crippen LogP contribution in [0, 0.1) is 53.2 Å². The number of phenolic OH excluding ortho intramolecular Hbond substituents is 4. The van der Waals surface area contributed by atoms with E-state index in [9.17, 15) is 48.4 Å². The maximum Gasteiger partial charge on any atom is 0.267 e. The number of anilines is 4. The van der Waals surface area contributed by atoms with Gasteiger partial charge in [-0.3, -0.25) is 37.4 Å². The zero-order valence-electron chi connectivity index (χ0n) is 77.4. The molecule has 0 bridgehead atoms. The van der Waals surface area contributed by atoms with E-state index in [4.69, 9.17) is 76.3 Å². The number of aryl methyl sites for hydroxylation is 6. The van der Waals surface area contributed by atoms with Gasteiger partial charge in [-0.15, -0.1) is 45.3 Å². The smallest absolute Gasteiger partial charge is 0.267 e. The molecule has 0 radical (unpaired) electrons. The number of nitrogen functional groups attached to an aromatic ring is 4. The van der Waals surface area contributed by atoms with Gasteiger partial charge in [0.05, 0.1) is 75.9 Å². The molecule has 0 unspecified atom stereocenters. The van der Waals surface area contributed by atoms with Crippen LogP contribution in [0.1, 0.15) is 56.0 Å². The summed E-state index contributed by atoms with van der Waals surface area (Å²) in [5.74, 6) is 1.02. The van der Waals surface area contributed by atoms with E-state index in [0.29, 0.717) is 175 Å². The van der Waals surface area contributed by atoms with Crippen molar-refractivity contribution >= 4 is 177 Å². The number of halogens is 4. The fourth-order valence-corrected chi connectivity index (χ4v) is 21.7. The van der Waals surface area contributed by atoms with Crippen molar-refractivity contribution in [2.24, 2.45) is 0 Å². The lowest BCUT2D eigenvalue weighted by Crippen LogP contribution is -2.26. The number of aromatic hydroxyl groups is 4. The molecule has 0 amide bonds. The van der Waals surface area contributed by atoms with Crippen LogP contribution in [0.2, 0.25) is 10.0 Å². The molecular formula is C102H76Cl2F2N28O8S4. The second-order valence-electron chi connectivity index (χ2n) is 33.9. The van der Waals surface area contributed by atoms with E-state index < -0.39 is 11.6 Å². The Labute approximate surface area is 847 Å². The minimum absolute atomic E-state index is 0.0155. The summed E-state index contributed by atoms with van der Waals surface area (Å²) in [5.41, 5.74) is 36.2. The highest BCUT2D eigenvalue weighted by molar-refractivity contribution is 7.18. The molecule has 16 heterocycles. The van der Waals surface area contributed by atoms with Crippen molar-refractivity contribution in [3.05, 3.63) is 349 Å². The Balaban J connectivity index is 0.000000114. The molecule has 0 saturated carbocycles. The van der Waals surface area contributed by atoms with Crippen LogP contribution in [0.5, 0.6) is 23.0 Å². The van der Waals surface area contributed by atoms with E-state index in [2.05, 4.69) is 50.1 Å². The largest absolute Gasteiger partial charge is 0.508 e. The predicted octanol–water partition coefficient (Wildman–Crippen LogP) is 17.8. The van der Waals surface area contributed by atoms with Crippen molar-refractivity contribution in [3.63, 3.8) is 0 Å². The minimum Gasteiger partial charge on any atom is -0.508 e. The number of nitrogens with two attached hydrogens (primary N) is 4. The molecule has 0 spiro atoms. The van der Waals surface area contributed by atoms with E-state index in [1.54, 1.807) is 102 Å². The van der Waals surface area contributed by atoms with Gasteiger partial charge in [-0.05, 0) is 176 Å². The van der Waals surface area contributed by atoms with Crippen LogP contribution in [0.3, 0.4) is 0 Å². The zero-order valence-corrected chi connectivity index (χ0v) is 82.2. The number of rotatable bonds is 16. The fraction of sp³-hybridized carbons (Fsp3) is 0.0980. The molecule has 0 aliphatic heterocycles. The third-order valence-electron chi connectivity index (χ3n) is 24.2. The summed E-state index contributed by atoms with van der Waals surface area (Å²) in [6.07, 6.45) is 5.36. The second-order valence-corrected chi connectivity index (χ2v) is 38.5. The Kier molecular flexibility index (Phi) is 24.7. The maximum atomic E-state index is 14.1. The van der Waals surface area contributed by atoms with Gasteiger partial charge in [0.1, 0.15) is 175 Å². The van der Waals surface area contributed by atoms with Crippen LogP contribution in [0.25, 0.3) is 153 Å². The molecule has 0 aliphatic rings. The van der Waals surface area contributed by atoms with Gasteiger partial charge in [-0.1, -0.05) is 108 Å². The van der Waals surface area contributed by atoms with Gasteiger partial charge in [0.2, 0.25) is 0 Å². The summed E-state index contributed by atoms with van der Waals surface area (Å²) in [5, 5.41) is 69.5. The third-order valence-corrected chi connectivity index (χ3v) is 28.7. The summed E-state index contributed by atoms with van der Waals surface area (Å²) >= 11 is 18.7. The lowest BCUT2D eigenvalue weighted by molar-refractivity contribution is 0.468. The lowest BCUT2D eigenvalue weighted by atomic mass is 10.1. The molecule has 0 atom stereocenters. The van der Waals surface area contributed by atoms with Gasteiger partial charge in [0.15, 0.2) is 22.6 Å². The average Bonchev–Trinajstić information content (AvgIpc) is 1.63. The molecule has 44 heteroatoms. The van der Waals surface area contributed by atoms with E-state index in [1.165, 1.54) is 109 Å². The summed E-state index contributed by atoms with van der Waals surface area (Å²) < 4.78 is 40.9. The molecule has 146 heavy (non-hydrogen) atoms. The van der Waals surface area contributed by atoms with E-state index >= 15 is 0 Å². The van der Waals surface area contributed by atoms with Crippen molar-refractivity contribution in [2.75, 3.05) is 22.9 Å². The molecular weight excluding hydrogens is 1980 g/mol. The third kappa shape index (κ3) is 17.4. The maximum absolute atomic E-state index is 14.1. The molecule has 16 aromatic heterocycles. The van der Waals surface area contributed by atoms with Crippen molar-refractivity contribution in [1.82, 2.24) is 117 Å². The quantitative estimate of drug-likeness (QED) is 0.0445. The number of aromatic nitrogens is 24. The number of hydrogen-bond donors (Lipinski definition) is 8. The lowest BCUT2D eigenvalue weighted by Gasteiger charge is -2.15. The number of nitrogens with zero attached hydrogens (tertiary/aromatic N) is 24. The number of phenols is 4. The van der Waals surface area contributed by atoms with Crippen molar-refractivity contribution in [2.45, 2.75) is 67.7 Å². The summed E-state index contributed by atoms with van der Waals surface area (Å²) in [6, 6.07) is 52.0. The van der Waals surface area contributed by atoms with Crippen LogP contribution in [0.4, 0.5) is 32.1 Å². The van der Waals surface area contributed by atoms with Gasteiger partial charge in [-0.25, -0.2) is 87.3 Å². The van der Waals surface area contributed by atoms with Crippen molar-refractivity contribution < 1.29 is 29.2 Å². The monoisotopic (exact) mass is 2060 g/mol. The van der Waals surface area contributed by atoms with Crippen LogP contribution < -0.4 is 45.2 Å². The molecule has 724 valence electrons. The van der Waals surface area contributed by atoms with Crippen LogP contribution in [-0.2, 0) is 26.2 Å². The summed E-state index contributed by atoms with van der Waals surface area (Å²) in [7, 11) is 0. The number of fused-ring (bicyclic) bond motifs is 8. The zero-order chi connectivity index (χ0) is 102. The Hall–Kier alpha value is -17.8. The first-order chi connectivity index (χ1) is 70.4. The van der Waals surface area contributed by atoms with E-state index in [0.717, 1.165) is 50.5 Å². The number of hydrogen-bond acceptors (Lipinski definition) is 32. The topological polar surface area (TPSA) is 499 Å². The van der Waals surface area contributed by atoms with Gasteiger partial charge in [0.25, 0.3) is 22.2 Å². The van der Waals surface area contributed by atoms with Gasteiger partial charge in [-0.2, -0.15) is 20.4 Å². The second kappa shape index (κ2) is 38.2. The first kappa shape index (κ1) is 94.4. The van der Waals surface area contributed by atoms with Crippen LogP contribution >= 0.6 is 68.5 Å². The van der Waals surface area contributed by atoms with E-state index in [-0.39, 0.29) is 100 Å². The summed E-state index contributed by atoms with van der Waals surface area (Å²) in [6.45, 7) is 11.9. The summed E-state index contributed by atoms with van der Waals surface area (Å²) in [4.78, 5) is 112. The molecule has 0 fully saturated rings. The molecule has 24 rings (SSSR count). The fourth-order valence-electron chi connectivity index (χ4n) is 17.6. The first-order valence-electron chi connectivity index (χ1n) is 44.6.